The van der Waals surface area contributed by atoms with Crippen LogP contribution in [0.3, 0.4) is 0 Å². The average Bonchev–Trinajstić information content (AvgIpc) is 3.25. The fourth-order valence-corrected chi connectivity index (χ4v) is 8.30. The zero-order valence-electron chi connectivity index (χ0n) is 42.8. The molecule has 0 aromatic carbocycles. The minimum atomic E-state index is -4.44. The topological polar surface area (TPSA) is 111 Å². The van der Waals surface area contributed by atoms with E-state index in [4.69, 9.17) is 13.8 Å². The first-order chi connectivity index (χ1) is 30.9. The second-order valence-electron chi connectivity index (χ2n) is 19.4. The van der Waals surface area contributed by atoms with Crippen molar-refractivity contribution in [3.05, 3.63) is 36.5 Å². The highest BCUT2D eigenvalue weighted by molar-refractivity contribution is 7.47. The maximum atomic E-state index is 13.4. The van der Waals surface area contributed by atoms with Gasteiger partial charge >= 0.3 is 13.8 Å². The molecule has 3 unspecified atom stereocenters. The van der Waals surface area contributed by atoms with E-state index >= 15 is 0 Å². The quantitative estimate of drug-likeness (QED) is 0.0206. The van der Waals surface area contributed by atoms with Gasteiger partial charge < -0.3 is 19.4 Å². The molecule has 0 spiro atoms. The van der Waals surface area contributed by atoms with E-state index < -0.39 is 20.0 Å². The summed E-state index contributed by atoms with van der Waals surface area (Å²) in [5, 5.41) is 3.03. The third-order valence-electron chi connectivity index (χ3n) is 11.8. The van der Waals surface area contributed by atoms with Gasteiger partial charge in [-0.15, -0.1) is 0 Å². The largest absolute Gasteiger partial charge is 0.472 e. The molecule has 0 rings (SSSR count). The van der Waals surface area contributed by atoms with Crippen LogP contribution in [0.2, 0.25) is 0 Å². The number of phosphoric acid groups is 1. The fraction of sp³-hybridized carbons (Fsp3) is 0.852. The molecule has 0 aromatic rings. The zero-order valence-corrected chi connectivity index (χ0v) is 43.7. The van der Waals surface area contributed by atoms with Crippen molar-refractivity contribution in [3.63, 3.8) is 0 Å². The Morgan fingerprint density at radius 2 is 0.922 bits per heavy atom. The number of allylic oxidation sites excluding steroid dienone is 5. The van der Waals surface area contributed by atoms with Crippen LogP contribution >= 0.6 is 7.82 Å². The van der Waals surface area contributed by atoms with Crippen molar-refractivity contribution < 1.29 is 37.3 Å². The molecule has 10 heteroatoms. The molecule has 0 fully saturated rings. The summed E-state index contributed by atoms with van der Waals surface area (Å²) in [6.07, 6.45) is 51.3. The summed E-state index contributed by atoms with van der Waals surface area (Å²) >= 11 is 0. The molecule has 0 aliphatic heterocycles. The second kappa shape index (κ2) is 45.0. The maximum Gasteiger partial charge on any atom is 0.472 e. The van der Waals surface area contributed by atoms with E-state index in [1.165, 1.54) is 116 Å². The van der Waals surface area contributed by atoms with E-state index in [2.05, 4.69) is 50.4 Å². The summed E-state index contributed by atoms with van der Waals surface area (Å²) in [6, 6.07) is -0.853. The van der Waals surface area contributed by atoms with Gasteiger partial charge in [-0.3, -0.25) is 18.6 Å². The Labute approximate surface area is 396 Å². The molecule has 0 heterocycles. The number of rotatable bonds is 48. The molecule has 9 nitrogen and oxygen atoms in total. The van der Waals surface area contributed by atoms with Gasteiger partial charge in [0.15, 0.2) is 0 Å². The molecule has 3 atom stereocenters. The zero-order chi connectivity index (χ0) is 47.3. The van der Waals surface area contributed by atoms with Gasteiger partial charge in [-0.1, -0.05) is 192 Å². The van der Waals surface area contributed by atoms with Gasteiger partial charge in [0.05, 0.1) is 33.8 Å². The molecule has 0 aliphatic carbocycles. The molecule has 0 radical (unpaired) electrons. The van der Waals surface area contributed by atoms with Crippen LogP contribution in [0.4, 0.5) is 0 Å². The average molecular weight is 924 g/mol. The van der Waals surface area contributed by atoms with Crippen LogP contribution in [-0.4, -0.2) is 74.3 Å². The highest BCUT2D eigenvalue weighted by atomic mass is 31.2. The fourth-order valence-electron chi connectivity index (χ4n) is 7.56. The summed E-state index contributed by atoms with van der Waals surface area (Å²) in [5.41, 5.74) is 0. The lowest BCUT2D eigenvalue weighted by Gasteiger charge is -2.27. The molecule has 0 aliphatic rings. The number of nitrogens with zero attached hydrogens (tertiary/aromatic N) is 1. The van der Waals surface area contributed by atoms with Crippen molar-refractivity contribution in [2.24, 2.45) is 0 Å². The van der Waals surface area contributed by atoms with Crippen molar-refractivity contribution in [3.8, 4) is 0 Å². The van der Waals surface area contributed by atoms with E-state index in [1.807, 2.05) is 33.3 Å². The van der Waals surface area contributed by atoms with Crippen LogP contribution in [0.1, 0.15) is 245 Å². The molecular weight excluding hydrogens is 820 g/mol. The van der Waals surface area contributed by atoms with Crippen molar-refractivity contribution >= 4 is 19.7 Å². The van der Waals surface area contributed by atoms with Crippen LogP contribution in [-0.2, 0) is 27.9 Å². The Kier molecular flexibility index (Phi) is 43.8. The SMILES string of the molecule is CCCC/C=C\CCCCCCCC(=O)NC(COP(=O)(O)OCC[N+](C)(C)C)C(/C=C/CCCCCCCCCCCCC)OC(=O)CCCCC/C=C\CCCCCCCCC. The first-order valence-corrected chi connectivity index (χ1v) is 28.3. The number of carbonyl (C=O) groups excluding carboxylic acids is 2. The van der Waals surface area contributed by atoms with Gasteiger partial charge in [0.25, 0.3) is 0 Å². The Balaban J connectivity index is 5.45. The summed E-state index contributed by atoms with van der Waals surface area (Å²) in [6.45, 7) is 6.95. The predicted octanol–water partition coefficient (Wildman–Crippen LogP) is 15.6. The number of esters is 1. The molecule has 376 valence electrons. The van der Waals surface area contributed by atoms with Crippen LogP contribution in [0.5, 0.6) is 0 Å². The molecule has 0 bridgehead atoms. The van der Waals surface area contributed by atoms with Gasteiger partial charge in [-0.25, -0.2) is 4.57 Å². The van der Waals surface area contributed by atoms with Crippen molar-refractivity contribution in [1.29, 1.82) is 0 Å². The van der Waals surface area contributed by atoms with Gasteiger partial charge in [0.1, 0.15) is 19.3 Å². The molecule has 2 N–H and O–H groups in total. The van der Waals surface area contributed by atoms with Crippen molar-refractivity contribution in [1.82, 2.24) is 5.32 Å². The number of carbonyl (C=O) groups is 2. The van der Waals surface area contributed by atoms with E-state index in [0.717, 1.165) is 89.9 Å². The number of likely N-dealkylation sites (N-methyl/N-ethyl adjacent to an activating group) is 1. The van der Waals surface area contributed by atoms with Gasteiger partial charge in [-0.05, 0) is 76.7 Å². The van der Waals surface area contributed by atoms with E-state index in [0.29, 0.717) is 23.9 Å². The lowest BCUT2D eigenvalue weighted by molar-refractivity contribution is -0.870. The number of hydrogen-bond donors (Lipinski definition) is 2. The summed E-state index contributed by atoms with van der Waals surface area (Å²) in [7, 11) is 1.48. The first-order valence-electron chi connectivity index (χ1n) is 26.8. The number of phosphoric ester groups is 1. The Morgan fingerprint density at radius 3 is 1.39 bits per heavy atom. The van der Waals surface area contributed by atoms with Gasteiger partial charge in [0, 0.05) is 12.8 Å². The predicted molar refractivity (Wildman–Crippen MR) is 272 cm³/mol. The van der Waals surface area contributed by atoms with Crippen molar-refractivity contribution in [2.75, 3.05) is 40.9 Å². The van der Waals surface area contributed by atoms with Crippen molar-refractivity contribution in [2.45, 2.75) is 258 Å². The third-order valence-corrected chi connectivity index (χ3v) is 12.8. The Bertz CT molecular complexity index is 1200. The highest BCUT2D eigenvalue weighted by Gasteiger charge is 2.30. The number of amides is 1. The minimum Gasteiger partial charge on any atom is -0.456 e. The van der Waals surface area contributed by atoms with E-state index in [9.17, 15) is 19.0 Å². The second-order valence-corrected chi connectivity index (χ2v) is 20.8. The smallest absolute Gasteiger partial charge is 0.456 e. The minimum absolute atomic E-state index is 0.0374. The summed E-state index contributed by atoms with van der Waals surface area (Å²) in [4.78, 5) is 37.4. The molecule has 0 saturated carbocycles. The molecule has 0 aromatic heterocycles. The normalized spacial score (nSPS) is 14.2. The van der Waals surface area contributed by atoms with Crippen LogP contribution < -0.4 is 5.32 Å². The Hall–Kier alpha value is -1.77. The van der Waals surface area contributed by atoms with Crippen LogP contribution in [0, 0.1) is 0 Å². The van der Waals surface area contributed by atoms with E-state index in [-0.39, 0.29) is 31.5 Å². The lowest BCUT2D eigenvalue weighted by Crippen LogP contribution is -2.47. The number of quaternary nitrogens is 1. The third kappa shape index (κ3) is 45.4. The number of nitrogens with one attached hydrogen (secondary N) is 1. The van der Waals surface area contributed by atoms with E-state index in [1.54, 1.807) is 0 Å². The number of hydrogen-bond acceptors (Lipinski definition) is 6. The molecular formula is C54H104N2O7P+. The first kappa shape index (κ1) is 62.2. The maximum absolute atomic E-state index is 13.4. The molecule has 0 saturated heterocycles. The summed E-state index contributed by atoms with van der Waals surface area (Å²) < 4.78 is 30.5. The van der Waals surface area contributed by atoms with Crippen LogP contribution in [0.25, 0.3) is 0 Å². The van der Waals surface area contributed by atoms with Crippen LogP contribution in [0.15, 0.2) is 36.5 Å². The standard InChI is InChI=1S/C54H103N2O7P/c1-7-10-13-16-19-22-25-27-29-32-35-38-41-44-47-54(58)63-52(45-42-39-36-33-31-28-26-23-20-17-14-11-8-2)51(50-62-64(59,60)61-49-48-56(4,5)6)55-53(57)46-43-40-37-34-30-24-21-18-15-12-9-3/h18,21,29,32,42,45,51-52H,7-17,19-20,22-28,30-31,33-41,43-44,46-50H2,1-6H3,(H-,55,57,59,60)/p+1/b21-18-,32-29-,45-42+. The van der Waals surface area contributed by atoms with Gasteiger partial charge in [0.2, 0.25) is 5.91 Å². The lowest BCUT2D eigenvalue weighted by atomic mass is 10.0. The number of ether oxygens (including phenoxy) is 1. The molecule has 1 amide bonds. The number of unbranched alkanes of at least 4 members (excludes halogenated alkanes) is 28. The summed E-state index contributed by atoms with van der Waals surface area (Å²) in [5.74, 6) is -0.532. The van der Waals surface area contributed by atoms with Gasteiger partial charge in [-0.2, -0.15) is 0 Å². The monoisotopic (exact) mass is 924 g/mol. The molecule has 64 heavy (non-hydrogen) atoms. The Morgan fingerprint density at radius 1 is 0.531 bits per heavy atom. The highest BCUT2D eigenvalue weighted by Crippen LogP contribution is 2.43.